The molecule has 1 saturated heterocycles. The van der Waals surface area contributed by atoms with Crippen LogP contribution in [0.25, 0.3) is 0 Å². The average Bonchev–Trinajstić information content (AvgIpc) is 3.05. The molecule has 0 aromatic carbocycles. The summed E-state index contributed by atoms with van der Waals surface area (Å²) in [5.74, 6) is 1.73. The molecule has 0 spiro atoms. The number of rotatable bonds is 6. The number of ether oxygens (including phenoxy) is 1. The fourth-order valence-corrected chi connectivity index (χ4v) is 2.91. The van der Waals surface area contributed by atoms with Crippen LogP contribution in [0.5, 0.6) is 0 Å². The molecule has 0 bridgehead atoms. The van der Waals surface area contributed by atoms with E-state index in [1.54, 1.807) is 6.33 Å². The molecule has 5 nitrogen and oxygen atoms in total. The minimum absolute atomic E-state index is 0.0370. The summed E-state index contributed by atoms with van der Waals surface area (Å²) in [6.45, 7) is 4.18. The highest BCUT2D eigenvalue weighted by molar-refractivity contribution is 7.84. The summed E-state index contributed by atoms with van der Waals surface area (Å²) in [5.41, 5.74) is 7.29. The molecule has 3 atom stereocenters. The Labute approximate surface area is 110 Å². The fraction of sp³-hybridized carbons (Fsp3) is 0.750. The molecule has 18 heavy (non-hydrogen) atoms. The van der Waals surface area contributed by atoms with Crippen LogP contribution >= 0.6 is 0 Å². The SMILES string of the molecule is CCS(=O)CCn1cncc1C(N)C1CCOC1. The van der Waals surface area contributed by atoms with Crippen molar-refractivity contribution in [3.63, 3.8) is 0 Å². The molecule has 0 amide bonds. The third kappa shape index (κ3) is 3.18. The van der Waals surface area contributed by atoms with E-state index in [0.717, 1.165) is 31.9 Å². The van der Waals surface area contributed by atoms with Crippen molar-refractivity contribution >= 4 is 10.8 Å². The molecular formula is C12H21N3O2S. The van der Waals surface area contributed by atoms with Crippen LogP contribution in [-0.4, -0.2) is 38.5 Å². The van der Waals surface area contributed by atoms with Crippen LogP contribution in [0.15, 0.2) is 12.5 Å². The quantitative estimate of drug-likeness (QED) is 0.826. The first kappa shape index (κ1) is 13.7. The summed E-state index contributed by atoms with van der Waals surface area (Å²) in [7, 11) is -0.749. The van der Waals surface area contributed by atoms with Gasteiger partial charge in [-0.25, -0.2) is 4.98 Å². The van der Waals surface area contributed by atoms with Crippen molar-refractivity contribution in [2.45, 2.75) is 25.9 Å². The highest BCUT2D eigenvalue weighted by Crippen LogP contribution is 2.26. The first-order chi connectivity index (χ1) is 8.72. The van der Waals surface area contributed by atoms with E-state index in [4.69, 9.17) is 10.5 Å². The molecule has 2 N–H and O–H groups in total. The summed E-state index contributed by atoms with van der Waals surface area (Å²) in [6.07, 6.45) is 4.60. The van der Waals surface area contributed by atoms with Crippen molar-refractivity contribution in [3.8, 4) is 0 Å². The molecule has 1 aromatic heterocycles. The Morgan fingerprint density at radius 1 is 1.72 bits per heavy atom. The summed E-state index contributed by atoms with van der Waals surface area (Å²) >= 11 is 0. The van der Waals surface area contributed by atoms with Crippen molar-refractivity contribution in [1.82, 2.24) is 9.55 Å². The Hall–Kier alpha value is -0.720. The van der Waals surface area contributed by atoms with Crippen LogP contribution in [0.3, 0.4) is 0 Å². The lowest BCUT2D eigenvalue weighted by Crippen LogP contribution is -2.25. The molecule has 0 aliphatic carbocycles. The highest BCUT2D eigenvalue weighted by atomic mass is 32.2. The van der Waals surface area contributed by atoms with Gasteiger partial charge in [0, 0.05) is 47.6 Å². The van der Waals surface area contributed by atoms with Gasteiger partial charge in [-0.3, -0.25) is 4.21 Å². The second-order valence-corrected chi connectivity index (χ2v) is 6.46. The molecule has 0 radical (unpaired) electrons. The largest absolute Gasteiger partial charge is 0.381 e. The number of imidazole rings is 1. The van der Waals surface area contributed by atoms with E-state index in [-0.39, 0.29) is 6.04 Å². The number of nitrogens with zero attached hydrogens (tertiary/aromatic N) is 2. The zero-order valence-electron chi connectivity index (χ0n) is 10.7. The summed E-state index contributed by atoms with van der Waals surface area (Å²) in [6, 6.07) is -0.0370. The van der Waals surface area contributed by atoms with Gasteiger partial charge in [0.05, 0.1) is 24.7 Å². The predicted molar refractivity (Wildman–Crippen MR) is 71.6 cm³/mol. The van der Waals surface area contributed by atoms with Crippen molar-refractivity contribution in [2.75, 3.05) is 24.7 Å². The Balaban J connectivity index is 2.00. The first-order valence-electron chi connectivity index (χ1n) is 6.40. The van der Waals surface area contributed by atoms with Crippen LogP contribution < -0.4 is 5.73 Å². The number of aromatic nitrogens is 2. The van der Waals surface area contributed by atoms with Gasteiger partial charge in [0.2, 0.25) is 0 Å². The minimum Gasteiger partial charge on any atom is -0.381 e. The van der Waals surface area contributed by atoms with E-state index in [1.165, 1.54) is 0 Å². The van der Waals surface area contributed by atoms with Crippen LogP contribution in [0, 0.1) is 5.92 Å². The predicted octanol–water partition coefficient (Wildman–Crippen LogP) is 0.688. The van der Waals surface area contributed by atoms with E-state index in [9.17, 15) is 4.21 Å². The molecule has 102 valence electrons. The van der Waals surface area contributed by atoms with E-state index in [1.807, 2.05) is 17.7 Å². The third-order valence-corrected chi connectivity index (χ3v) is 4.72. The highest BCUT2D eigenvalue weighted by Gasteiger charge is 2.26. The van der Waals surface area contributed by atoms with Gasteiger partial charge in [-0.1, -0.05) is 6.92 Å². The number of nitrogens with two attached hydrogens (primary N) is 1. The van der Waals surface area contributed by atoms with Crippen molar-refractivity contribution < 1.29 is 8.95 Å². The maximum Gasteiger partial charge on any atom is 0.0948 e. The lowest BCUT2D eigenvalue weighted by atomic mass is 9.97. The molecule has 0 saturated carbocycles. The van der Waals surface area contributed by atoms with Crippen molar-refractivity contribution in [1.29, 1.82) is 0 Å². The zero-order chi connectivity index (χ0) is 13.0. The Morgan fingerprint density at radius 3 is 3.22 bits per heavy atom. The van der Waals surface area contributed by atoms with Crippen LogP contribution in [0.1, 0.15) is 25.1 Å². The molecule has 6 heteroatoms. The minimum atomic E-state index is -0.749. The zero-order valence-corrected chi connectivity index (χ0v) is 11.6. The van der Waals surface area contributed by atoms with Gasteiger partial charge in [-0.05, 0) is 6.42 Å². The molecular weight excluding hydrogens is 250 g/mol. The van der Waals surface area contributed by atoms with Crippen molar-refractivity contribution in [3.05, 3.63) is 18.2 Å². The van der Waals surface area contributed by atoms with Gasteiger partial charge in [-0.2, -0.15) is 0 Å². The summed E-state index contributed by atoms with van der Waals surface area (Å²) in [5, 5.41) is 0. The van der Waals surface area contributed by atoms with E-state index in [2.05, 4.69) is 4.98 Å². The molecule has 1 aliphatic rings. The maximum absolute atomic E-state index is 11.5. The molecule has 2 heterocycles. The monoisotopic (exact) mass is 271 g/mol. The van der Waals surface area contributed by atoms with Gasteiger partial charge < -0.3 is 15.0 Å². The van der Waals surface area contributed by atoms with Gasteiger partial charge in [-0.15, -0.1) is 0 Å². The van der Waals surface area contributed by atoms with Gasteiger partial charge in [0.15, 0.2) is 0 Å². The topological polar surface area (TPSA) is 70.1 Å². The average molecular weight is 271 g/mol. The summed E-state index contributed by atoms with van der Waals surface area (Å²) < 4.78 is 18.9. The van der Waals surface area contributed by atoms with Crippen LogP contribution in [0.2, 0.25) is 0 Å². The van der Waals surface area contributed by atoms with Crippen LogP contribution in [-0.2, 0) is 22.1 Å². The van der Waals surface area contributed by atoms with E-state index < -0.39 is 10.8 Å². The fourth-order valence-electron chi connectivity index (χ4n) is 2.22. The molecule has 2 rings (SSSR count). The molecule has 1 fully saturated rings. The lowest BCUT2D eigenvalue weighted by Gasteiger charge is -2.19. The smallest absolute Gasteiger partial charge is 0.0948 e. The standard InChI is InChI=1S/C12H21N3O2S/c1-2-18(16)6-4-15-9-14-7-11(15)12(13)10-3-5-17-8-10/h7,9-10,12H,2-6,8,13H2,1H3. The van der Waals surface area contributed by atoms with E-state index in [0.29, 0.717) is 17.4 Å². The van der Waals surface area contributed by atoms with Gasteiger partial charge in [0.1, 0.15) is 0 Å². The van der Waals surface area contributed by atoms with Crippen LogP contribution in [0.4, 0.5) is 0 Å². The molecule has 1 aromatic rings. The maximum atomic E-state index is 11.5. The second-order valence-electron chi connectivity index (χ2n) is 4.59. The second kappa shape index (κ2) is 6.45. The molecule has 1 aliphatic heterocycles. The van der Waals surface area contributed by atoms with E-state index >= 15 is 0 Å². The Morgan fingerprint density at radius 2 is 2.56 bits per heavy atom. The Kier molecular flexibility index (Phi) is 4.91. The van der Waals surface area contributed by atoms with Crippen molar-refractivity contribution in [2.24, 2.45) is 11.7 Å². The third-order valence-electron chi connectivity index (χ3n) is 3.44. The molecule has 3 unspecified atom stereocenters. The van der Waals surface area contributed by atoms with Gasteiger partial charge >= 0.3 is 0 Å². The number of aryl methyl sites for hydroxylation is 1. The number of hydrogen-bond donors (Lipinski definition) is 1. The summed E-state index contributed by atoms with van der Waals surface area (Å²) in [4.78, 5) is 4.16. The first-order valence-corrected chi connectivity index (χ1v) is 7.89. The normalized spacial score (nSPS) is 23.1. The number of hydrogen-bond acceptors (Lipinski definition) is 4. The Bertz CT molecular complexity index is 402. The lowest BCUT2D eigenvalue weighted by molar-refractivity contribution is 0.180. The van der Waals surface area contributed by atoms with Gasteiger partial charge in [0.25, 0.3) is 0 Å².